The van der Waals surface area contributed by atoms with Crippen molar-refractivity contribution in [2.24, 2.45) is 5.92 Å². The third-order valence-electron chi connectivity index (χ3n) is 7.88. The minimum absolute atomic E-state index is 0. The van der Waals surface area contributed by atoms with Crippen molar-refractivity contribution in [3.63, 3.8) is 0 Å². The zero-order chi connectivity index (χ0) is 26.0. The first-order valence-electron chi connectivity index (χ1n) is 13.8. The summed E-state index contributed by atoms with van der Waals surface area (Å²) >= 11 is 0. The molecule has 212 valence electrons. The van der Waals surface area contributed by atoms with Crippen molar-refractivity contribution < 1.29 is 58.9 Å². The molecule has 1 aliphatic rings. The molecule has 0 fully saturated rings. The Morgan fingerprint density at radius 2 is 0.900 bits per heavy atom. The van der Waals surface area contributed by atoms with E-state index in [0.29, 0.717) is 23.7 Å². The maximum atomic E-state index is 3.72. The molecule has 0 unspecified atom stereocenters. The molecule has 4 rings (SSSR count). The molecule has 0 amide bonds. The predicted octanol–water partition coefficient (Wildman–Crippen LogP) is -1.21. The molecule has 0 atom stereocenters. The number of allylic oxidation sites excluding steroid dienone is 4. The van der Waals surface area contributed by atoms with Gasteiger partial charge in [-0.15, -0.1) is 0 Å². The van der Waals surface area contributed by atoms with E-state index < -0.39 is 8.07 Å². The first kappa shape index (κ1) is 38.9. The van der Waals surface area contributed by atoms with Crippen molar-refractivity contribution in [2.75, 3.05) is 0 Å². The summed E-state index contributed by atoms with van der Waals surface area (Å²) in [5.74, 6) is 1.92. The van der Waals surface area contributed by atoms with Gasteiger partial charge < -0.3 is 37.2 Å². The molecular weight excluding hydrogens is 603 g/mol. The van der Waals surface area contributed by atoms with Crippen LogP contribution in [0.3, 0.4) is 0 Å². The monoisotopic (exact) mass is 644 g/mol. The summed E-state index contributed by atoms with van der Waals surface area (Å²) in [4.78, 5) is 0. The molecule has 3 aromatic carbocycles. The Bertz CT molecular complexity index is 1170. The average molecular weight is 646 g/mol. The van der Waals surface area contributed by atoms with E-state index >= 15 is 0 Å². The maximum absolute atomic E-state index is 3.72. The van der Waals surface area contributed by atoms with Crippen molar-refractivity contribution in [1.29, 1.82) is 0 Å². The molecule has 0 saturated heterocycles. The number of hydrogen-bond acceptors (Lipinski definition) is 0. The summed E-state index contributed by atoms with van der Waals surface area (Å²) in [5, 5.41) is 6.11. The molecule has 0 heterocycles. The Labute approximate surface area is 278 Å². The minimum atomic E-state index is -2.56. The van der Waals surface area contributed by atoms with Gasteiger partial charge in [-0.25, -0.2) is 10.8 Å². The number of halogens is 3. The number of hydrogen-bond donors (Lipinski definition) is 0. The van der Waals surface area contributed by atoms with Gasteiger partial charge in [0.1, 0.15) is 0 Å². The molecule has 0 bridgehead atoms. The molecule has 0 aliphatic heterocycles. The zero-order valence-electron chi connectivity index (χ0n) is 25.2. The normalized spacial score (nSPS) is 12.8. The van der Waals surface area contributed by atoms with E-state index in [1.807, 2.05) is 0 Å². The van der Waals surface area contributed by atoms with Crippen LogP contribution in [0.5, 0.6) is 0 Å². The van der Waals surface area contributed by atoms with Crippen LogP contribution in [0.1, 0.15) is 96.3 Å². The summed E-state index contributed by atoms with van der Waals surface area (Å²) in [7, 11) is -2.56. The maximum Gasteiger partial charge on any atom is 4.00 e. The van der Waals surface area contributed by atoms with E-state index in [2.05, 4.69) is 140 Å². The van der Waals surface area contributed by atoms with Gasteiger partial charge in [0.05, 0.1) is 8.07 Å². The smallest absolute Gasteiger partial charge is 1.00 e. The fourth-order valence-corrected chi connectivity index (χ4v) is 11.2. The van der Waals surface area contributed by atoms with Crippen molar-refractivity contribution in [2.45, 2.75) is 79.6 Å². The number of rotatable bonds is 8. The van der Waals surface area contributed by atoms with Crippen molar-refractivity contribution in [3.8, 4) is 0 Å². The molecule has 0 N–H and O–H groups in total. The topological polar surface area (TPSA) is 0 Å². The van der Waals surface area contributed by atoms with Gasteiger partial charge in [-0.2, -0.15) is 6.08 Å². The Balaban J connectivity index is 0.00000380. The Morgan fingerprint density at radius 1 is 0.550 bits per heavy atom. The predicted molar refractivity (Wildman–Crippen MR) is 161 cm³/mol. The summed E-state index contributed by atoms with van der Waals surface area (Å²) in [5.41, 5.74) is 5.68. The van der Waals surface area contributed by atoms with Crippen molar-refractivity contribution in [3.05, 3.63) is 112 Å². The summed E-state index contributed by atoms with van der Waals surface area (Å²) < 4.78 is 0. The molecular formula is C35H43Cl3SiTi. The standard InChI is InChI=1S/C35H43Si.3ClH.Ti/c1-24(2)28-13-9-16-31(21-28)36(35-20-12-19-34(35)27(7)8,32-17-10-14-29(22-32)25(3)4)33-18-11-15-30(23-33)26(5)6;;;;/h9-18,21-27H,20H2,1-8H3;3*1H;/q-1;;;;+4/p-3. The van der Waals surface area contributed by atoms with E-state index in [-0.39, 0.29) is 58.9 Å². The fraction of sp³-hybridized carbons (Fsp3) is 0.371. The van der Waals surface area contributed by atoms with Crippen LogP contribution in [-0.2, 0) is 21.7 Å². The second-order valence-electron chi connectivity index (χ2n) is 11.7. The minimum Gasteiger partial charge on any atom is -1.00 e. The molecule has 5 heteroatoms. The molecule has 1 aliphatic carbocycles. The average Bonchev–Trinajstić information content (AvgIpc) is 3.36. The second-order valence-corrected chi connectivity index (χ2v) is 15.5. The molecule has 0 nitrogen and oxygen atoms in total. The van der Waals surface area contributed by atoms with E-state index in [4.69, 9.17) is 0 Å². The van der Waals surface area contributed by atoms with Crippen molar-refractivity contribution in [1.82, 2.24) is 0 Å². The second kappa shape index (κ2) is 16.5. The first-order chi connectivity index (χ1) is 17.2. The van der Waals surface area contributed by atoms with E-state index in [1.54, 1.807) is 5.20 Å². The van der Waals surface area contributed by atoms with E-state index in [1.165, 1.54) is 37.8 Å². The molecule has 0 saturated carbocycles. The fourth-order valence-electron chi connectivity index (χ4n) is 5.75. The first-order valence-corrected chi connectivity index (χ1v) is 15.8. The Morgan fingerprint density at radius 3 is 1.20 bits per heavy atom. The Kier molecular flexibility index (Phi) is 16.1. The van der Waals surface area contributed by atoms with Crippen LogP contribution in [0.2, 0.25) is 0 Å². The Hall–Kier alpha value is -1.06. The van der Waals surface area contributed by atoms with E-state index in [0.717, 1.165) is 6.42 Å². The van der Waals surface area contributed by atoms with Crippen LogP contribution < -0.4 is 52.8 Å². The third kappa shape index (κ3) is 7.66. The van der Waals surface area contributed by atoms with Crippen molar-refractivity contribution >= 4 is 23.6 Å². The SMILES string of the molecule is CC(C)C1=C([Si](c2cccc(C(C)C)c2)(c2cccc(C(C)C)c2)c2cccc(C(C)C)c2)CC=[C-]1.[Cl-].[Cl-].[Cl-].[Ti+4]. The summed E-state index contributed by atoms with van der Waals surface area (Å²) in [6, 6.07) is 28.7. The van der Waals surface area contributed by atoms with Crippen LogP contribution in [0, 0.1) is 12.0 Å². The molecule has 0 spiro atoms. The van der Waals surface area contributed by atoms with E-state index in [9.17, 15) is 0 Å². The quantitative estimate of drug-likeness (QED) is 0.164. The van der Waals surface area contributed by atoms with Gasteiger partial charge in [-0.1, -0.05) is 156 Å². The van der Waals surface area contributed by atoms with Gasteiger partial charge in [0.25, 0.3) is 0 Å². The largest absolute Gasteiger partial charge is 4.00 e. The molecule has 0 aromatic heterocycles. The number of benzene rings is 3. The molecule has 40 heavy (non-hydrogen) atoms. The van der Waals surface area contributed by atoms with Crippen LogP contribution in [0.4, 0.5) is 0 Å². The van der Waals surface area contributed by atoms with Crippen LogP contribution in [0.25, 0.3) is 0 Å². The van der Waals surface area contributed by atoms with Gasteiger partial charge in [0, 0.05) is 0 Å². The summed E-state index contributed by atoms with van der Waals surface area (Å²) in [6.07, 6.45) is 7.00. The van der Waals surface area contributed by atoms with Crippen LogP contribution >= 0.6 is 0 Å². The zero-order valence-corrected chi connectivity index (χ0v) is 30.0. The van der Waals surface area contributed by atoms with Gasteiger partial charge in [-0.05, 0) is 34.4 Å². The van der Waals surface area contributed by atoms with Gasteiger partial charge >= 0.3 is 21.7 Å². The molecule has 3 aromatic rings. The summed E-state index contributed by atoms with van der Waals surface area (Å²) in [6.45, 7) is 18.5. The van der Waals surface area contributed by atoms with Gasteiger partial charge in [-0.3, -0.25) is 6.08 Å². The van der Waals surface area contributed by atoms with Crippen LogP contribution in [0.15, 0.2) is 89.6 Å². The van der Waals surface area contributed by atoms with Crippen LogP contribution in [-0.4, -0.2) is 8.07 Å². The molecule has 0 radical (unpaired) electrons. The van der Waals surface area contributed by atoms with Gasteiger partial charge in [0.15, 0.2) is 0 Å². The third-order valence-corrected chi connectivity index (χ3v) is 12.8. The van der Waals surface area contributed by atoms with Gasteiger partial charge in [0.2, 0.25) is 0 Å².